The van der Waals surface area contributed by atoms with E-state index in [-0.39, 0.29) is 13.1 Å². The number of methoxy groups -OCH3 is 1. The molecule has 6 aromatic rings. The molecule has 0 saturated carbocycles. The van der Waals surface area contributed by atoms with Gasteiger partial charge in [-0.15, -0.1) is 0 Å². The maximum atomic E-state index is 11.3. The number of carboxylic acid groups (broad SMARTS) is 2. The number of thioether (sulfide) groups is 1. The van der Waals surface area contributed by atoms with E-state index in [0.29, 0.717) is 12.2 Å². The fourth-order valence-electron chi connectivity index (χ4n) is 5.68. The number of ether oxygens (including phenoxy) is 1. The SMILES string of the molecule is COS(=O)Nc1ccc(SSc2ccc(C)cc2)cc1.COc1ccccc1NNC=O.O=C(O)CN1/C(=C/C=C/C=C/C=C/c2sc3ccccc3[n+]2CC(=O)O)Sc2ccccc21. The van der Waals surface area contributed by atoms with Gasteiger partial charge in [-0.3, -0.25) is 29.3 Å². The summed E-state index contributed by atoms with van der Waals surface area (Å²) in [5.74, 6) is -1.07. The molecule has 1 atom stereocenters. The van der Waals surface area contributed by atoms with Crippen LogP contribution in [0.15, 0.2) is 177 Å². The van der Waals surface area contributed by atoms with Crippen molar-refractivity contribution in [3.05, 3.63) is 173 Å². The standard InChI is InChI=1S/C25H20N2O4S2.C14H15NO2S3.C8H10N2O2/c28-24(29)16-26-18-10-6-8-12-20(18)32-22(26)14-4-2-1-3-5-15-23-27(17-25(30)31)19-11-7-9-13-21(19)33-23;1-11-3-7-13(8-4-11)18-19-14-9-5-12(6-10-14)15-20(16)17-2;1-12-8-5-3-2-4-7(8)10-9-6-11/h1-15H,16-17H2,(H-,28,29,30,31);3-10,15H,1-2H3;2-6,10H,1H3,(H,9,11)/p+1. The lowest BCUT2D eigenvalue weighted by atomic mass is 10.2. The van der Waals surface area contributed by atoms with E-state index in [1.165, 1.54) is 17.6 Å². The van der Waals surface area contributed by atoms with Crippen molar-refractivity contribution in [2.24, 2.45) is 0 Å². The molecule has 0 fully saturated rings. The van der Waals surface area contributed by atoms with Crippen molar-refractivity contribution in [3.63, 3.8) is 0 Å². The Morgan fingerprint density at radius 1 is 0.800 bits per heavy atom. The van der Waals surface area contributed by atoms with Crippen LogP contribution in [0.25, 0.3) is 16.3 Å². The summed E-state index contributed by atoms with van der Waals surface area (Å²) in [7, 11) is 6.38. The lowest BCUT2D eigenvalue weighted by molar-refractivity contribution is -0.657. The van der Waals surface area contributed by atoms with E-state index in [1.54, 1.807) is 73.4 Å². The van der Waals surface area contributed by atoms with Crippen molar-refractivity contribution in [1.82, 2.24) is 5.43 Å². The average Bonchev–Trinajstić information content (AvgIpc) is 3.84. The minimum Gasteiger partial charge on any atom is -0.495 e. The van der Waals surface area contributed by atoms with E-state index >= 15 is 0 Å². The van der Waals surface area contributed by atoms with E-state index in [2.05, 4.69) is 50.9 Å². The number of aromatic nitrogens is 1. The first kappa shape index (κ1) is 49.7. The second-order valence-electron chi connectivity index (χ2n) is 13.2. The van der Waals surface area contributed by atoms with Crippen molar-refractivity contribution in [1.29, 1.82) is 0 Å². The van der Waals surface area contributed by atoms with Gasteiger partial charge >= 0.3 is 11.9 Å². The van der Waals surface area contributed by atoms with Gasteiger partial charge in [0.25, 0.3) is 16.3 Å². The number of nitrogens with zero attached hydrogens (tertiary/aromatic N) is 2. The predicted molar refractivity (Wildman–Crippen MR) is 266 cm³/mol. The smallest absolute Gasteiger partial charge is 0.370 e. The van der Waals surface area contributed by atoms with Crippen LogP contribution < -0.4 is 29.8 Å². The van der Waals surface area contributed by atoms with E-state index in [9.17, 15) is 28.8 Å². The van der Waals surface area contributed by atoms with Gasteiger partial charge in [-0.2, -0.15) is 4.57 Å². The van der Waals surface area contributed by atoms with Gasteiger partial charge in [-0.05, 0) is 79.7 Å². The number of rotatable bonds is 18. The molecular formula is C47H46N5O8S5+. The number of carbonyl (C=O) groups excluding carboxylic acids is 1. The molecule has 0 bridgehead atoms. The second-order valence-corrected chi connectivity index (χ2v) is 18.6. The zero-order chi connectivity index (χ0) is 46.4. The number of benzene rings is 5. The molecule has 0 saturated heterocycles. The molecule has 2 heterocycles. The Labute approximate surface area is 396 Å². The molecule has 1 aliphatic heterocycles. The van der Waals surface area contributed by atoms with Crippen molar-refractivity contribution >= 4 is 108 Å². The van der Waals surface area contributed by atoms with Gasteiger partial charge < -0.3 is 19.8 Å². The molecule has 336 valence electrons. The lowest BCUT2D eigenvalue weighted by Crippen LogP contribution is -2.39. The summed E-state index contributed by atoms with van der Waals surface area (Å²) in [4.78, 5) is 37.7. The number of thiazole rings is 1. The topological polar surface area (TPSA) is 170 Å². The van der Waals surface area contributed by atoms with Crippen LogP contribution in [0.2, 0.25) is 0 Å². The van der Waals surface area contributed by atoms with Crippen LogP contribution in [0.1, 0.15) is 10.6 Å². The summed E-state index contributed by atoms with van der Waals surface area (Å²) in [6.07, 6.45) is 13.7. The number of carboxylic acids is 2. The van der Waals surface area contributed by atoms with Crippen LogP contribution in [-0.2, 0) is 36.4 Å². The van der Waals surface area contributed by atoms with Crippen molar-refractivity contribution in [2.75, 3.05) is 35.8 Å². The molecular weight excluding hydrogens is 923 g/mol. The number of allylic oxidation sites excluding steroid dienone is 6. The maximum Gasteiger partial charge on any atom is 0.370 e. The number of para-hydroxylation sites is 4. The molecule has 5 aromatic carbocycles. The van der Waals surface area contributed by atoms with Crippen molar-refractivity contribution in [2.45, 2.75) is 28.2 Å². The summed E-state index contributed by atoms with van der Waals surface area (Å²) in [6.45, 7) is 1.90. The fourth-order valence-corrected chi connectivity index (χ4v) is 10.2. The average molecular weight is 969 g/mol. The molecule has 0 radical (unpaired) electrons. The molecule has 5 N–H and O–H groups in total. The molecule has 13 nitrogen and oxygen atoms in total. The maximum absolute atomic E-state index is 11.3. The van der Waals surface area contributed by atoms with Gasteiger partial charge in [0, 0.05) is 32.5 Å². The highest BCUT2D eigenvalue weighted by Gasteiger charge is 2.26. The summed E-state index contributed by atoms with van der Waals surface area (Å²) < 4.78 is 26.4. The quantitative estimate of drug-likeness (QED) is 0.0182. The fraction of sp³-hybridized carbons (Fsp3) is 0.106. The monoisotopic (exact) mass is 968 g/mol. The third kappa shape index (κ3) is 16.0. The Bertz CT molecular complexity index is 2670. The normalized spacial score (nSPS) is 12.9. The number of anilines is 3. The Morgan fingerprint density at radius 2 is 1.45 bits per heavy atom. The van der Waals surface area contributed by atoms with Crippen LogP contribution in [0.3, 0.4) is 0 Å². The number of hydrazine groups is 1. The van der Waals surface area contributed by atoms with Gasteiger partial charge in [0.2, 0.25) is 18.5 Å². The number of nitrogens with one attached hydrogen (secondary N) is 3. The number of hydrogen-bond acceptors (Lipinski definition) is 12. The highest BCUT2D eigenvalue weighted by molar-refractivity contribution is 8.76. The molecule has 1 aliphatic rings. The summed E-state index contributed by atoms with van der Waals surface area (Å²) in [5, 5.41) is 20.2. The molecule has 1 amide bonds. The number of aliphatic carboxylic acids is 2. The van der Waals surface area contributed by atoms with Crippen LogP contribution in [0.5, 0.6) is 5.75 Å². The minimum absolute atomic E-state index is 0.0895. The van der Waals surface area contributed by atoms with Gasteiger partial charge in [-0.1, -0.05) is 129 Å². The van der Waals surface area contributed by atoms with Gasteiger partial charge in [-0.25, -0.2) is 9.00 Å². The summed E-state index contributed by atoms with van der Waals surface area (Å²) in [5.41, 5.74) is 9.57. The first-order valence-corrected chi connectivity index (χ1v) is 24.4. The van der Waals surface area contributed by atoms with Crippen molar-refractivity contribution in [3.8, 4) is 5.75 Å². The first-order valence-electron chi connectivity index (χ1n) is 19.5. The molecule has 0 aliphatic carbocycles. The van der Waals surface area contributed by atoms with Gasteiger partial charge in [0.1, 0.15) is 17.0 Å². The number of fused-ring (bicyclic) bond motifs is 2. The number of hydrogen-bond donors (Lipinski definition) is 5. The minimum atomic E-state index is -1.48. The largest absolute Gasteiger partial charge is 0.495 e. The third-order valence-corrected chi connectivity index (χ3v) is 14.0. The molecule has 65 heavy (non-hydrogen) atoms. The highest BCUT2D eigenvalue weighted by atomic mass is 33.1. The van der Waals surface area contributed by atoms with Gasteiger partial charge in [0.05, 0.1) is 30.6 Å². The number of carbonyl (C=O) groups is 3. The molecule has 1 aromatic heterocycles. The van der Waals surface area contributed by atoms with Crippen LogP contribution in [0, 0.1) is 6.92 Å². The Kier molecular flexibility index (Phi) is 20.3. The Hall–Kier alpha value is -6.28. The van der Waals surface area contributed by atoms with Crippen molar-refractivity contribution < 1.29 is 42.3 Å². The second kappa shape index (κ2) is 26.5. The highest BCUT2D eigenvalue weighted by Crippen LogP contribution is 2.45. The Balaban J connectivity index is 0.000000209. The Morgan fingerprint density at radius 3 is 2.14 bits per heavy atom. The molecule has 1 unspecified atom stereocenters. The van der Waals surface area contributed by atoms with Crippen LogP contribution in [0.4, 0.5) is 17.1 Å². The van der Waals surface area contributed by atoms with E-state index in [0.717, 1.165) is 47.1 Å². The van der Waals surface area contributed by atoms with E-state index < -0.39 is 23.2 Å². The molecule has 0 spiro atoms. The number of aryl methyl sites for hydroxylation is 1. The third-order valence-electron chi connectivity index (χ3n) is 8.62. The molecule has 18 heteroatoms. The lowest BCUT2D eigenvalue weighted by Gasteiger charge is -2.17. The van der Waals surface area contributed by atoms with Gasteiger partial charge in [0.15, 0.2) is 0 Å². The molecule has 7 rings (SSSR count). The van der Waals surface area contributed by atoms with Crippen LogP contribution >= 0.6 is 44.7 Å². The van der Waals surface area contributed by atoms with E-state index in [4.69, 9.17) is 4.74 Å². The predicted octanol–water partition coefficient (Wildman–Crippen LogP) is 10.1. The number of amides is 1. The van der Waals surface area contributed by atoms with Crippen LogP contribution in [-0.4, -0.2) is 53.5 Å². The zero-order valence-corrected chi connectivity index (χ0v) is 39.4. The summed E-state index contributed by atoms with van der Waals surface area (Å²) >= 11 is 1.61. The zero-order valence-electron chi connectivity index (χ0n) is 35.4. The summed E-state index contributed by atoms with van der Waals surface area (Å²) in [6, 6.07) is 39.0. The first-order chi connectivity index (χ1) is 31.6. The van der Waals surface area contributed by atoms with E-state index in [1.807, 2.05) is 127 Å².